The number of amides is 1. The van der Waals surface area contributed by atoms with Crippen molar-refractivity contribution in [3.05, 3.63) is 94.4 Å². The number of furan rings is 1. The topological polar surface area (TPSA) is 88.9 Å². The van der Waals surface area contributed by atoms with Gasteiger partial charge >= 0.3 is 0 Å². The number of hydrogen-bond donors (Lipinski definition) is 2. The molecule has 1 aliphatic heterocycles. The fraction of sp³-hybridized carbons (Fsp3) is 0.179. The molecule has 2 aromatic carbocycles. The normalized spacial score (nSPS) is 16.7. The Morgan fingerprint density at radius 2 is 1.97 bits per heavy atom. The van der Waals surface area contributed by atoms with Crippen molar-refractivity contribution in [3.63, 3.8) is 0 Å². The predicted octanol–water partition coefficient (Wildman–Crippen LogP) is 6.42. The number of benzene rings is 2. The van der Waals surface area contributed by atoms with Crippen LogP contribution in [0.25, 0.3) is 11.3 Å². The summed E-state index contributed by atoms with van der Waals surface area (Å²) in [6.07, 6.45) is 1.73. The minimum absolute atomic E-state index is 0.0946. The van der Waals surface area contributed by atoms with E-state index >= 15 is 0 Å². The lowest BCUT2D eigenvalue weighted by atomic mass is 10.0. The smallest absolute Gasteiger partial charge is 0.250 e. The Labute approximate surface area is 240 Å². The molecule has 4 aromatic rings. The maximum Gasteiger partial charge on any atom is 0.250 e. The van der Waals surface area contributed by atoms with Gasteiger partial charge in [-0.1, -0.05) is 35.3 Å². The number of hydrogen-bond acceptors (Lipinski definition) is 6. The second-order valence-electron chi connectivity index (χ2n) is 8.67. The van der Waals surface area contributed by atoms with Gasteiger partial charge in [0, 0.05) is 24.6 Å². The van der Waals surface area contributed by atoms with Crippen LogP contribution in [-0.2, 0) is 9.53 Å². The van der Waals surface area contributed by atoms with Crippen LogP contribution >= 0.6 is 35.4 Å². The molecule has 0 spiro atoms. The van der Waals surface area contributed by atoms with Crippen molar-refractivity contribution >= 4 is 57.8 Å². The van der Waals surface area contributed by atoms with Gasteiger partial charge in [0.2, 0.25) is 5.91 Å². The number of carbonyl (C=O) groups excluding carboxylic acids is 1. The molecule has 0 aliphatic carbocycles. The van der Waals surface area contributed by atoms with Crippen molar-refractivity contribution in [2.24, 2.45) is 0 Å². The van der Waals surface area contributed by atoms with Gasteiger partial charge in [0.1, 0.15) is 29.9 Å². The maximum atomic E-state index is 12.3. The van der Waals surface area contributed by atoms with Gasteiger partial charge < -0.3 is 29.4 Å². The summed E-state index contributed by atoms with van der Waals surface area (Å²) in [5.41, 5.74) is 2.65. The molecule has 1 saturated heterocycles. The third-order valence-electron chi connectivity index (χ3n) is 6.24. The number of aromatic nitrogens is 1. The second kappa shape index (κ2) is 11.6. The molecular formula is C28H24Cl2N4O4S. The molecule has 1 fully saturated rings. The molecule has 0 radical (unpaired) electrons. The van der Waals surface area contributed by atoms with Crippen molar-refractivity contribution in [3.8, 4) is 17.1 Å². The zero-order valence-corrected chi connectivity index (χ0v) is 23.3. The first-order chi connectivity index (χ1) is 18.9. The SMILES string of the molecule is COCC(=O)Nc1cc(N2C(=S)N[C@@H](c3ccccn3)[C@H]2c2ccc(-c3cccc(Cl)c3Cl)o2)ccc1OC. The molecule has 0 unspecified atom stereocenters. The summed E-state index contributed by atoms with van der Waals surface area (Å²) < 4.78 is 16.8. The molecule has 0 bridgehead atoms. The van der Waals surface area contributed by atoms with E-state index in [1.54, 1.807) is 24.4 Å². The van der Waals surface area contributed by atoms with Crippen molar-refractivity contribution in [1.82, 2.24) is 10.3 Å². The molecule has 3 heterocycles. The number of anilines is 2. The number of halogens is 2. The Balaban J connectivity index is 1.59. The fourth-order valence-electron chi connectivity index (χ4n) is 4.53. The molecule has 2 aromatic heterocycles. The van der Waals surface area contributed by atoms with Crippen LogP contribution in [0, 0.1) is 0 Å². The molecule has 8 nitrogen and oxygen atoms in total. The molecule has 11 heteroatoms. The molecule has 5 rings (SSSR count). The average molecular weight is 583 g/mol. The number of nitrogens with one attached hydrogen (secondary N) is 2. The zero-order chi connectivity index (χ0) is 27.5. The van der Waals surface area contributed by atoms with Crippen molar-refractivity contribution < 1.29 is 18.7 Å². The highest BCUT2D eigenvalue weighted by atomic mass is 35.5. The minimum Gasteiger partial charge on any atom is -0.495 e. The molecular weight excluding hydrogens is 559 g/mol. The number of ether oxygens (including phenoxy) is 2. The van der Waals surface area contributed by atoms with Crippen LogP contribution in [0.4, 0.5) is 11.4 Å². The highest BCUT2D eigenvalue weighted by Gasteiger charge is 2.43. The minimum atomic E-state index is -0.421. The van der Waals surface area contributed by atoms with E-state index in [4.69, 9.17) is 49.3 Å². The second-order valence-corrected chi connectivity index (χ2v) is 9.84. The highest BCUT2D eigenvalue weighted by Crippen LogP contribution is 2.45. The van der Waals surface area contributed by atoms with Gasteiger partial charge in [-0.05, 0) is 66.8 Å². The number of methoxy groups -OCH3 is 2. The molecule has 2 atom stereocenters. The third kappa shape index (κ3) is 5.44. The van der Waals surface area contributed by atoms with Crippen LogP contribution in [0.3, 0.4) is 0 Å². The number of rotatable bonds is 8. The van der Waals surface area contributed by atoms with Gasteiger partial charge in [0.05, 0.1) is 34.6 Å². The lowest BCUT2D eigenvalue weighted by Gasteiger charge is -2.27. The average Bonchev–Trinajstić information content (AvgIpc) is 3.55. The maximum absolute atomic E-state index is 12.3. The van der Waals surface area contributed by atoms with Gasteiger partial charge in [0.25, 0.3) is 0 Å². The first-order valence-electron chi connectivity index (χ1n) is 11.9. The molecule has 0 saturated carbocycles. The molecule has 1 aliphatic rings. The Bertz CT molecular complexity index is 1510. The van der Waals surface area contributed by atoms with E-state index < -0.39 is 6.04 Å². The summed E-state index contributed by atoms with van der Waals surface area (Å²) >= 11 is 18.5. The predicted molar refractivity (Wildman–Crippen MR) is 156 cm³/mol. The largest absolute Gasteiger partial charge is 0.495 e. The van der Waals surface area contributed by atoms with Gasteiger partial charge in [-0.25, -0.2) is 0 Å². The number of thiocarbonyl (C=S) groups is 1. The number of carbonyl (C=O) groups is 1. The first-order valence-corrected chi connectivity index (χ1v) is 13.1. The molecule has 200 valence electrons. The summed E-state index contributed by atoms with van der Waals surface area (Å²) in [5.74, 6) is 1.38. The highest BCUT2D eigenvalue weighted by molar-refractivity contribution is 7.80. The van der Waals surface area contributed by atoms with E-state index in [-0.39, 0.29) is 18.6 Å². The van der Waals surface area contributed by atoms with Crippen LogP contribution in [0.5, 0.6) is 5.75 Å². The van der Waals surface area contributed by atoms with Crippen LogP contribution < -0.4 is 20.3 Å². The van der Waals surface area contributed by atoms with E-state index in [9.17, 15) is 4.79 Å². The van der Waals surface area contributed by atoms with Gasteiger partial charge in [-0.2, -0.15) is 0 Å². The van der Waals surface area contributed by atoms with Crippen LogP contribution in [-0.4, -0.2) is 36.8 Å². The van der Waals surface area contributed by atoms with Crippen LogP contribution in [0.2, 0.25) is 10.0 Å². The molecule has 1 amide bonds. The first kappa shape index (κ1) is 27.0. The van der Waals surface area contributed by atoms with Crippen molar-refractivity contribution in [2.45, 2.75) is 12.1 Å². The quantitative estimate of drug-likeness (QED) is 0.230. The van der Waals surface area contributed by atoms with Gasteiger partial charge in [-0.15, -0.1) is 0 Å². The number of nitrogens with zero attached hydrogens (tertiary/aromatic N) is 2. The monoisotopic (exact) mass is 582 g/mol. The molecule has 39 heavy (non-hydrogen) atoms. The van der Waals surface area contributed by atoms with Crippen LogP contribution in [0.1, 0.15) is 23.5 Å². The number of pyridine rings is 1. The standard InChI is InChI=1S/C28H24Cl2N4O4S/c1-36-15-24(35)32-20-14-16(9-10-22(20)37-2)34-27(26(33-28(34)39)19-8-3-4-13-31-19)23-12-11-21(38-23)17-6-5-7-18(29)25(17)30/h3-14,26-27H,15H2,1-2H3,(H,32,35)(H,33,39)/t26-,27+/m0/s1. The van der Waals surface area contributed by atoms with Gasteiger partial charge in [0.15, 0.2) is 5.11 Å². The van der Waals surface area contributed by atoms with Crippen molar-refractivity contribution in [2.75, 3.05) is 31.0 Å². The summed E-state index contributed by atoms with van der Waals surface area (Å²) in [6, 6.07) is 19.5. The summed E-state index contributed by atoms with van der Waals surface area (Å²) in [4.78, 5) is 18.8. The van der Waals surface area contributed by atoms with E-state index in [1.807, 2.05) is 53.4 Å². The third-order valence-corrected chi connectivity index (χ3v) is 7.38. The Morgan fingerprint density at radius 3 is 2.72 bits per heavy atom. The Kier molecular flexibility index (Phi) is 8.04. The lowest BCUT2D eigenvalue weighted by molar-refractivity contribution is -0.119. The van der Waals surface area contributed by atoms with E-state index in [0.717, 1.165) is 5.69 Å². The van der Waals surface area contributed by atoms with Gasteiger partial charge in [-0.3, -0.25) is 9.78 Å². The fourth-order valence-corrected chi connectivity index (χ4v) is 5.27. The molecule has 2 N–H and O–H groups in total. The van der Waals surface area contributed by atoms with Crippen LogP contribution in [0.15, 0.2) is 77.3 Å². The van der Waals surface area contributed by atoms with Crippen molar-refractivity contribution in [1.29, 1.82) is 0 Å². The lowest BCUT2D eigenvalue weighted by Crippen LogP contribution is -2.29. The summed E-state index contributed by atoms with van der Waals surface area (Å²) in [5, 5.41) is 7.54. The zero-order valence-electron chi connectivity index (χ0n) is 21.0. The van der Waals surface area contributed by atoms with E-state index in [1.165, 1.54) is 14.2 Å². The summed E-state index contributed by atoms with van der Waals surface area (Å²) in [7, 11) is 2.99. The summed E-state index contributed by atoms with van der Waals surface area (Å²) in [6.45, 7) is -0.0946. The van der Waals surface area contributed by atoms with E-state index in [0.29, 0.717) is 49.4 Å². The Hall–Kier alpha value is -3.63. The van der Waals surface area contributed by atoms with E-state index in [2.05, 4.69) is 15.6 Å². The Morgan fingerprint density at radius 1 is 1.13 bits per heavy atom.